The third-order valence-electron chi connectivity index (χ3n) is 2.48. The highest BCUT2D eigenvalue weighted by Crippen LogP contribution is 2.23. The van der Waals surface area contributed by atoms with Crippen LogP contribution in [-0.2, 0) is 10.0 Å². The van der Waals surface area contributed by atoms with Crippen LogP contribution >= 0.6 is 11.3 Å². The Kier molecular flexibility index (Phi) is 4.33. The Balaban J connectivity index is 2.02. The quantitative estimate of drug-likeness (QED) is 0.765. The molecule has 0 aliphatic rings. The first-order valence-corrected chi connectivity index (χ1v) is 7.89. The summed E-state index contributed by atoms with van der Waals surface area (Å²) >= 11 is 0.841. The van der Waals surface area contributed by atoms with Crippen molar-refractivity contribution in [3.8, 4) is 0 Å². The second-order valence-electron chi connectivity index (χ2n) is 3.95. The Bertz CT molecular complexity index is 702. The monoisotopic (exact) mass is 317 g/mol. The predicted molar refractivity (Wildman–Crippen MR) is 73.3 cm³/mol. The number of hydrogen-bond donors (Lipinski definition) is 3. The Labute approximate surface area is 119 Å². The van der Waals surface area contributed by atoms with Gasteiger partial charge >= 0.3 is 0 Å². The number of halogens is 1. The molecule has 0 saturated heterocycles. The molecule has 9 heteroatoms. The number of sulfonamides is 1. The smallest absolute Gasteiger partial charge is 0.249 e. The number of benzene rings is 1. The van der Waals surface area contributed by atoms with Crippen LogP contribution in [0.25, 0.3) is 0 Å². The van der Waals surface area contributed by atoms with Crippen LogP contribution in [0, 0.1) is 5.82 Å². The highest BCUT2D eigenvalue weighted by atomic mass is 32.2. The Morgan fingerprint density at radius 1 is 1.45 bits per heavy atom. The van der Waals surface area contributed by atoms with E-state index in [1.807, 2.05) is 0 Å². The van der Waals surface area contributed by atoms with E-state index >= 15 is 0 Å². The minimum Gasteiger partial charge on any atom is -0.386 e. The molecule has 0 bridgehead atoms. The summed E-state index contributed by atoms with van der Waals surface area (Å²) in [5.74, 6) is -0.508. The van der Waals surface area contributed by atoms with E-state index < -0.39 is 21.9 Å². The van der Waals surface area contributed by atoms with E-state index in [-0.39, 0.29) is 21.4 Å². The van der Waals surface area contributed by atoms with E-state index in [1.165, 1.54) is 18.2 Å². The van der Waals surface area contributed by atoms with E-state index in [0.29, 0.717) is 0 Å². The molecule has 1 atom stereocenters. The number of anilines is 1. The molecule has 2 rings (SSSR count). The number of thiazole rings is 1. The van der Waals surface area contributed by atoms with Gasteiger partial charge in [0.1, 0.15) is 5.82 Å². The Morgan fingerprint density at radius 3 is 2.75 bits per heavy atom. The van der Waals surface area contributed by atoms with Crippen LogP contribution in [0.1, 0.15) is 11.7 Å². The lowest BCUT2D eigenvalue weighted by Crippen LogP contribution is -2.13. The van der Waals surface area contributed by atoms with Crippen LogP contribution in [0.15, 0.2) is 34.7 Å². The van der Waals surface area contributed by atoms with Crippen molar-refractivity contribution in [3.05, 3.63) is 41.8 Å². The number of aliphatic hydroxyl groups is 1. The lowest BCUT2D eigenvalue weighted by molar-refractivity contribution is 0.186. The van der Waals surface area contributed by atoms with Gasteiger partial charge in [0.2, 0.25) is 10.0 Å². The molecular formula is C11H12FN3O3S2. The molecule has 6 nitrogen and oxygen atoms in total. The summed E-state index contributed by atoms with van der Waals surface area (Å²) in [7, 11) is -3.79. The maximum atomic E-state index is 13.4. The first kappa shape index (κ1) is 14.9. The number of nitrogens with zero attached hydrogens (tertiary/aromatic N) is 1. The molecule has 1 aromatic heterocycles. The first-order chi connectivity index (χ1) is 9.38. The fraction of sp³-hybridized carbons (Fsp3) is 0.182. The summed E-state index contributed by atoms with van der Waals surface area (Å²) in [6, 6.07) is 5.86. The zero-order valence-electron chi connectivity index (χ0n) is 10.2. The molecule has 0 amide bonds. The van der Waals surface area contributed by atoms with Crippen LogP contribution in [0.5, 0.6) is 0 Å². The molecule has 1 unspecified atom stereocenters. The van der Waals surface area contributed by atoms with Crippen LogP contribution in [-0.4, -0.2) is 25.1 Å². The van der Waals surface area contributed by atoms with Crippen molar-refractivity contribution in [3.63, 3.8) is 0 Å². The summed E-state index contributed by atoms with van der Waals surface area (Å²) in [5, 5.41) is 17.8. The van der Waals surface area contributed by atoms with Gasteiger partial charge in [-0.3, -0.25) is 0 Å². The topological polar surface area (TPSA) is 105 Å². The third-order valence-corrected chi connectivity index (χ3v) is 4.84. The summed E-state index contributed by atoms with van der Waals surface area (Å²) in [6.07, 6.45) is 0.0516. The number of primary sulfonamides is 1. The lowest BCUT2D eigenvalue weighted by Gasteiger charge is -2.12. The molecule has 0 spiro atoms. The van der Waals surface area contributed by atoms with E-state index in [9.17, 15) is 17.9 Å². The molecule has 0 saturated carbocycles. The SMILES string of the molecule is NS(=O)(=O)c1cnc(NCC(O)c2ccccc2F)s1. The zero-order valence-corrected chi connectivity index (χ0v) is 11.8. The second-order valence-corrected chi connectivity index (χ2v) is 6.77. The molecule has 0 fully saturated rings. The van der Waals surface area contributed by atoms with Crippen molar-refractivity contribution in [1.29, 1.82) is 0 Å². The summed E-state index contributed by atoms with van der Waals surface area (Å²) in [6.45, 7) is -0.00148. The molecule has 0 aliphatic heterocycles. The number of aromatic nitrogens is 1. The summed E-state index contributed by atoms with van der Waals surface area (Å²) in [5.41, 5.74) is 0.156. The van der Waals surface area contributed by atoms with Crippen LogP contribution in [0.4, 0.5) is 9.52 Å². The van der Waals surface area contributed by atoms with E-state index in [2.05, 4.69) is 10.3 Å². The molecule has 0 aliphatic carbocycles. The van der Waals surface area contributed by atoms with Gasteiger partial charge in [0.15, 0.2) is 9.34 Å². The van der Waals surface area contributed by atoms with Crippen LogP contribution in [0.2, 0.25) is 0 Å². The number of nitrogens with two attached hydrogens (primary N) is 1. The minimum absolute atomic E-state index is 0.00148. The van der Waals surface area contributed by atoms with Crippen molar-refractivity contribution >= 4 is 26.5 Å². The van der Waals surface area contributed by atoms with Crippen LogP contribution < -0.4 is 10.5 Å². The van der Waals surface area contributed by atoms with E-state index in [1.54, 1.807) is 6.07 Å². The van der Waals surface area contributed by atoms with Crippen molar-refractivity contribution in [1.82, 2.24) is 4.98 Å². The highest BCUT2D eigenvalue weighted by molar-refractivity contribution is 7.91. The fourth-order valence-corrected chi connectivity index (χ4v) is 2.97. The number of nitrogens with one attached hydrogen (secondary N) is 1. The molecule has 1 heterocycles. The lowest BCUT2D eigenvalue weighted by atomic mass is 10.1. The van der Waals surface area contributed by atoms with Crippen molar-refractivity contribution in [2.24, 2.45) is 5.14 Å². The molecular weight excluding hydrogens is 305 g/mol. The van der Waals surface area contributed by atoms with Gasteiger partial charge in [0, 0.05) is 12.1 Å². The van der Waals surface area contributed by atoms with Gasteiger partial charge in [-0.15, -0.1) is 0 Å². The maximum Gasteiger partial charge on any atom is 0.249 e. The molecule has 1 aromatic carbocycles. The minimum atomic E-state index is -3.79. The Morgan fingerprint density at radius 2 is 2.15 bits per heavy atom. The number of aliphatic hydroxyl groups excluding tert-OH is 1. The molecule has 20 heavy (non-hydrogen) atoms. The average Bonchev–Trinajstić information content (AvgIpc) is 2.85. The normalized spacial score (nSPS) is 13.2. The van der Waals surface area contributed by atoms with E-state index in [4.69, 9.17) is 5.14 Å². The first-order valence-electron chi connectivity index (χ1n) is 5.53. The number of rotatable bonds is 5. The third kappa shape index (κ3) is 3.51. The maximum absolute atomic E-state index is 13.4. The predicted octanol–water partition coefficient (Wildman–Crippen LogP) is 1.08. The molecule has 4 N–H and O–H groups in total. The van der Waals surface area contributed by atoms with Gasteiger partial charge in [-0.05, 0) is 6.07 Å². The van der Waals surface area contributed by atoms with Gasteiger partial charge in [-0.2, -0.15) is 0 Å². The summed E-state index contributed by atoms with van der Waals surface area (Å²) in [4.78, 5) is 3.81. The van der Waals surface area contributed by atoms with Crippen molar-refractivity contribution in [2.45, 2.75) is 10.3 Å². The standard InChI is InChI=1S/C11H12FN3O3S2/c12-8-4-2-1-3-7(8)9(16)5-14-11-15-6-10(19-11)20(13,17)18/h1-4,6,9,16H,5H2,(H,14,15)(H2,13,17,18). The van der Waals surface area contributed by atoms with Crippen molar-refractivity contribution in [2.75, 3.05) is 11.9 Å². The van der Waals surface area contributed by atoms with Crippen LogP contribution in [0.3, 0.4) is 0 Å². The number of hydrogen-bond acceptors (Lipinski definition) is 6. The average molecular weight is 317 g/mol. The molecule has 0 radical (unpaired) electrons. The van der Waals surface area contributed by atoms with Gasteiger partial charge in [-0.1, -0.05) is 29.5 Å². The van der Waals surface area contributed by atoms with Gasteiger partial charge < -0.3 is 10.4 Å². The fourth-order valence-electron chi connectivity index (χ4n) is 1.51. The van der Waals surface area contributed by atoms with Gasteiger partial charge in [-0.25, -0.2) is 22.9 Å². The highest BCUT2D eigenvalue weighted by Gasteiger charge is 2.15. The van der Waals surface area contributed by atoms with Crippen molar-refractivity contribution < 1.29 is 17.9 Å². The summed E-state index contributed by atoms with van der Waals surface area (Å²) < 4.78 is 35.5. The van der Waals surface area contributed by atoms with E-state index in [0.717, 1.165) is 17.5 Å². The zero-order chi connectivity index (χ0) is 14.8. The second kappa shape index (κ2) is 5.83. The largest absolute Gasteiger partial charge is 0.386 e. The van der Waals surface area contributed by atoms with Gasteiger partial charge in [0.25, 0.3) is 0 Å². The molecule has 2 aromatic rings. The molecule has 108 valence electrons. The Hall–Kier alpha value is -1.55. The van der Waals surface area contributed by atoms with Gasteiger partial charge in [0.05, 0.1) is 12.3 Å².